The lowest BCUT2D eigenvalue weighted by atomic mass is 9.77. The monoisotopic (exact) mass is 198 g/mol. The van der Waals surface area contributed by atoms with E-state index in [1.54, 1.807) is 0 Å². The highest BCUT2D eigenvalue weighted by Gasteiger charge is 2.42. The fourth-order valence-electron chi connectivity index (χ4n) is 2.74. The normalized spacial score (nSPS) is 27.4. The molecule has 2 fully saturated rings. The van der Waals surface area contributed by atoms with Gasteiger partial charge < -0.3 is 10.5 Å². The maximum Gasteiger partial charge on any atom is 0.0557 e. The van der Waals surface area contributed by atoms with Crippen LogP contribution in [-0.4, -0.2) is 43.8 Å². The first kappa shape index (κ1) is 10.4. The van der Waals surface area contributed by atoms with Crippen LogP contribution in [0.15, 0.2) is 0 Å². The summed E-state index contributed by atoms with van der Waals surface area (Å²) in [5.74, 6) is 0.772. The van der Waals surface area contributed by atoms with Crippen molar-refractivity contribution >= 4 is 0 Å². The summed E-state index contributed by atoms with van der Waals surface area (Å²) in [5.41, 5.74) is 6.23. The molecule has 0 amide bonds. The van der Waals surface area contributed by atoms with E-state index in [0.717, 1.165) is 32.2 Å². The van der Waals surface area contributed by atoms with Crippen LogP contribution in [0.1, 0.15) is 20.3 Å². The van der Waals surface area contributed by atoms with Crippen molar-refractivity contribution in [2.24, 2.45) is 17.1 Å². The summed E-state index contributed by atoms with van der Waals surface area (Å²) < 4.78 is 5.38. The van der Waals surface area contributed by atoms with Crippen LogP contribution in [0.5, 0.6) is 0 Å². The molecular formula is C11H22N2O. The van der Waals surface area contributed by atoms with Crippen molar-refractivity contribution in [3.05, 3.63) is 0 Å². The van der Waals surface area contributed by atoms with Crippen molar-refractivity contribution in [3.8, 4) is 0 Å². The highest BCUT2D eigenvalue weighted by atomic mass is 16.5. The molecule has 0 aromatic heterocycles. The molecule has 0 aromatic rings. The summed E-state index contributed by atoms with van der Waals surface area (Å²) in [6.07, 6.45) is 1.29. The number of rotatable bonds is 4. The molecule has 0 radical (unpaired) electrons. The van der Waals surface area contributed by atoms with Gasteiger partial charge in [0.2, 0.25) is 0 Å². The van der Waals surface area contributed by atoms with Gasteiger partial charge in [0, 0.05) is 31.1 Å². The number of ether oxygens (including phenoxy) is 1. The summed E-state index contributed by atoms with van der Waals surface area (Å²) in [7, 11) is 0. The highest BCUT2D eigenvalue weighted by Crippen LogP contribution is 2.36. The first-order valence-electron chi connectivity index (χ1n) is 5.65. The van der Waals surface area contributed by atoms with Gasteiger partial charge in [-0.25, -0.2) is 0 Å². The van der Waals surface area contributed by atoms with E-state index in [4.69, 9.17) is 10.5 Å². The van der Waals surface area contributed by atoms with Crippen molar-refractivity contribution in [3.63, 3.8) is 0 Å². The molecule has 2 N–H and O–H groups in total. The molecule has 0 aromatic carbocycles. The zero-order valence-electron chi connectivity index (χ0n) is 9.33. The zero-order valence-corrected chi connectivity index (χ0v) is 9.33. The Morgan fingerprint density at radius 2 is 2.07 bits per heavy atom. The van der Waals surface area contributed by atoms with Crippen LogP contribution in [0.2, 0.25) is 0 Å². The number of nitrogens with zero attached hydrogens (tertiary/aromatic N) is 1. The number of hydrogen-bond acceptors (Lipinski definition) is 3. The predicted molar refractivity (Wildman–Crippen MR) is 57.1 cm³/mol. The summed E-state index contributed by atoms with van der Waals surface area (Å²) >= 11 is 0. The van der Waals surface area contributed by atoms with Gasteiger partial charge in [0.05, 0.1) is 13.2 Å². The molecule has 2 aliphatic rings. The van der Waals surface area contributed by atoms with Crippen LogP contribution in [0.3, 0.4) is 0 Å². The van der Waals surface area contributed by atoms with Gasteiger partial charge in [0.15, 0.2) is 0 Å². The SMILES string of the molecule is CC(C)CC1(CN2CC(N)C2)COC1. The molecule has 82 valence electrons. The van der Waals surface area contributed by atoms with Crippen molar-refractivity contribution in [1.82, 2.24) is 4.90 Å². The molecule has 0 bridgehead atoms. The predicted octanol–water partition coefficient (Wildman–Crippen LogP) is 0.692. The molecule has 2 saturated heterocycles. The van der Waals surface area contributed by atoms with Gasteiger partial charge in [-0.15, -0.1) is 0 Å². The van der Waals surface area contributed by atoms with E-state index in [1.165, 1.54) is 13.0 Å². The third kappa shape index (κ3) is 2.10. The van der Waals surface area contributed by atoms with Crippen molar-refractivity contribution < 1.29 is 4.74 Å². The van der Waals surface area contributed by atoms with Gasteiger partial charge in [0.1, 0.15) is 0 Å². The first-order chi connectivity index (χ1) is 6.60. The Kier molecular flexibility index (Phi) is 2.82. The minimum Gasteiger partial charge on any atom is -0.380 e. The van der Waals surface area contributed by atoms with Crippen molar-refractivity contribution in [2.45, 2.75) is 26.3 Å². The van der Waals surface area contributed by atoms with E-state index in [9.17, 15) is 0 Å². The second-order valence-corrected chi connectivity index (χ2v) is 5.54. The molecule has 0 spiro atoms. The Labute approximate surface area is 86.6 Å². The van der Waals surface area contributed by atoms with E-state index >= 15 is 0 Å². The fraction of sp³-hybridized carbons (Fsp3) is 1.00. The minimum atomic E-state index is 0.423. The number of nitrogens with two attached hydrogens (primary N) is 1. The quantitative estimate of drug-likeness (QED) is 0.722. The van der Waals surface area contributed by atoms with E-state index < -0.39 is 0 Å². The summed E-state index contributed by atoms with van der Waals surface area (Å²) in [4.78, 5) is 2.47. The Morgan fingerprint density at radius 3 is 2.43 bits per heavy atom. The smallest absolute Gasteiger partial charge is 0.0557 e. The van der Waals surface area contributed by atoms with E-state index in [-0.39, 0.29) is 0 Å². The Bertz CT molecular complexity index is 195. The molecular weight excluding hydrogens is 176 g/mol. The molecule has 0 atom stereocenters. The van der Waals surface area contributed by atoms with Crippen LogP contribution < -0.4 is 5.73 Å². The first-order valence-corrected chi connectivity index (χ1v) is 5.65. The maximum atomic E-state index is 5.78. The standard InChI is InChI=1S/C11H22N2O/c1-9(2)3-11(7-14-8-11)6-13-4-10(12)5-13/h9-10H,3-8,12H2,1-2H3. The Hall–Kier alpha value is -0.120. The van der Waals surface area contributed by atoms with Crippen LogP contribution in [0.4, 0.5) is 0 Å². The third-order valence-electron chi connectivity index (χ3n) is 3.20. The molecule has 14 heavy (non-hydrogen) atoms. The Morgan fingerprint density at radius 1 is 1.43 bits per heavy atom. The number of hydrogen-bond donors (Lipinski definition) is 1. The molecule has 2 rings (SSSR count). The molecule has 0 saturated carbocycles. The third-order valence-corrected chi connectivity index (χ3v) is 3.20. The molecule has 3 heteroatoms. The zero-order chi connectivity index (χ0) is 10.2. The summed E-state index contributed by atoms with van der Waals surface area (Å²) in [6, 6.07) is 0.423. The average Bonchev–Trinajstić information content (AvgIpc) is 1.96. The molecule has 3 nitrogen and oxygen atoms in total. The molecule has 0 aliphatic carbocycles. The second kappa shape index (κ2) is 3.80. The lowest BCUT2D eigenvalue weighted by molar-refractivity contribution is -0.142. The van der Waals surface area contributed by atoms with Crippen molar-refractivity contribution in [1.29, 1.82) is 0 Å². The van der Waals surface area contributed by atoms with Gasteiger partial charge >= 0.3 is 0 Å². The lowest BCUT2D eigenvalue weighted by Crippen LogP contribution is -2.61. The van der Waals surface area contributed by atoms with Crippen LogP contribution in [-0.2, 0) is 4.74 Å². The molecule has 2 aliphatic heterocycles. The highest BCUT2D eigenvalue weighted by molar-refractivity contribution is 4.93. The minimum absolute atomic E-state index is 0.423. The maximum absolute atomic E-state index is 5.78. The average molecular weight is 198 g/mol. The van der Waals surface area contributed by atoms with Gasteiger partial charge in [-0.3, -0.25) is 4.90 Å². The van der Waals surface area contributed by atoms with E-state index in [2.05, 4.69) is 18.7 Å². The molecule has 0 unspecified atom stereocenters. The lowest BCUT2D eigenvalue weighted by Gasteiger charge is -2.49. The topological polar surface area (TPSA) is 38.5 Å². The van der Waals surface area contributed by atoms with Crippen LogP contribution in [0.25, 0.3) is 0 Å². The van der Waals surface area contributed by atoms with Gasteiger partial charge in [-0.2, -0.15) is 0 Å². The summed E-state index contributed by atoms with van der Waals surface area (Å²) in [6.45, 7) is 9.86. The number of likely N-dealkylation sites (tertiary alicyclic amines) is 1. The van der Waals surface area contributed by atoms with Crippen molar-refractivity contribution in [2.75, 3.05) is 32.8 Å². The van der Waals surface area contributed by atoms with Gasteiger partial charge in [-0.1, -0.05) is 13.8 Å². The van der Waals surface area contributed by atoms with Crippen LogP contribution in [0, 0.1) is 11.3 Å². The van der Waals surface area contributed by atoms with E-state index in [1.807, 2.05) is 0 Å². The molecule has 2 heterocycles. The largest absolute Gasteiger partial charge is 0.380 e. The Balaban J connectivity index is 1.80. The fourth-order valence-corrected chi connectivity index (χ4v) is 2.74. The van der Waals surface area contributed by atoms with Crippen LogP contribution >= 0.6 is 0 Å². The summed E-state index contributed by atoms with van der Waals surface area (Å²) in [5, 5.41) is 0. The van der Waals surface area contributed by atoms with E-state index in [0.29, 0.717) is 11.5 Å². The van der Waals surface area contributed by atoms with Gasteiger partial charge in [0.25, 0.3) is 0 Å². The second-order valence-electron chi connectivity index (χ2n) is 5.54. The van der Waals surface area contributed by atoms with Gasteiger partial charge in [-0.05, 0) is 12.3 Å².